The van der Waals surface area contributed by atoms with Gasteiger partial charge in [-0.1, -0.05) is 42.3 Å². The largest absolute Gasteiger partial charge is 0.460 e. The van der Waals surface area contributed by atoms with E-state index in [1.54, 1.807) is 36.4 Å². The summed E-state index contributed by atoms with van der Waals surface area (Å²) in [5.74, 6) is 2.11. The number of terminal acetylenes is 1. The van der Waals surface area contributed by atoms with E-state index in [4.69, 9.17) is 11.2 Å². The van der Waals surface area contributed by atoms with Gasteiger partial charge in [-0.3, -0.25) is 4.79 Å². The van der Waals surface area contributed by atoms with Gasteiger partial charge >= 0.3 is 5.97 Å². The van der Waals surface area contributed by atoms with Crippen LogP contribution in [-0.4, -0.2) is 37.4 Å². The summed E-state index contributed by atoms with van der Waals surface area (Å²) in [6, 6.07) is 6.61. The number of nitrogens with zero attached hydrogens (tertiary/aromatic N) is 1. The van der Waals surface area contributed by atoms with Crippen molar-refractivity contribution in [1.29, 1.82) is 0 Å². The topological polar surface area (TPSA) is 63.7 Å². The van der Waals surface area contributed by atoms with Gasteiger partial charge in [-0.25, -0.2) is 8.42 Å². The minimum absolute atomic E-state index is 0.0546. The minimum Gasteiger partial charge on any atom is -0.460 e. The molecule has 0 aliphatic heterocycles. The molecule has 0 aromatic heterocycles. The van der Waals surface area contributed by atoms with Crippen molar-refractivity contribution in [2.75, 3.05) is 13.1 Å². The van der Waals surface area contributed by atoms with E-state index in [1.807, 2.05) is 27.7 Å². The fourth-order valence-electron chi connectivity index (χ4n) is 2.31. The van der Waals surface area contributed by atoms with Crippen LogP contribution in [0.5, 0.6) is 0 Å². The van der Waals surface area contributed by atoms with Gasteiger partial charge in [0.1, 0.15) is 5.60 Å². The number of ether oxygens (including phenoxy) is 1. The maximum absolute atomic E-state index is 12.8. The van der Waals surface area contributed by atoms with Crippen LogP contribution in [0.3, 0.4) is 0 Å². The molecule has 1 aromatic rings. The summed E-state index contributed by atoms with van der Waals surface area (Å²) in [5, 5.41) is 0. The van der Waals surface area contributed by atoms with E-state index < -0.39 is 15.6 Å². The second kappa shape index (κ2) is 10.3. The van der Waals surface area contributed by atoms with Gasteiger partial charge in [0.05, 0.1) is 11.4 Å². The number of allylic oxidation sites excluding steroid dienone is 1. The van der Waals surface area contributed by atoms with Crippen molar-refractivity contribution >= 4 is 16.0 Å². The maximum atomic E-state index is 12.8. The summed E-state index contributed by atoms with van der Waals surface area (Å²) in [5.41, 5.74) is 1.04. The molecule has 5 nitrogen and oxygen atoms in total. The van der Waals surface area contributed by atoms with Crippen LogP contribution in [0.1, 0.15) is 39.2 Å². The molecular formula is C22H29NO4S. The van der Waals surface area contributed by atoms with E-state index in [0.29, 0.717) is 12.0 Å². The predicted molar refractivity (Wildman–Crippen MR) is 112 cm³/mol. The quantitative estimate of drug-likeness (QED) is 0.357. The fraction of sp³-hybridized carbons (Fsp3) is 0.409. The van der Waals surface area contributed by atoms with Crippen LogP contribution in [0.2, 0.25) is 0 Å². The molecule has 28 heavy (non-hydrogen) atoms. The number of carbonyl (C=O) groups excluding carboxylic acids is 1. The van der Waals surface area contributed by atoms with E-state index in [2.05, 4.69) is 12.5 Å². The Morgan fingerprint density at radius 3 is 2.43 bits per heavy atom. The van der Waals surface area contributed by atoms with E-state index >= 15 is 0 Å². The summed E-state index contributed by atoms with van der Waals surface area (Å²) in [6.45, 7) is 11.3. The first-order valence-corrected chi connectivity index (χ1v) is 10.5. The Labute approximate surface area is 169 Å². The van der Waals surface area contributed by atoms with Crippen molar-refractivity contribution < 1.29 is 17.9 Å². The molecule has 0 N–H and O–H groups in total. The first-order valence-electron chi connectivity index (χ1n) is 9.02. The second-order valence-corrected chi connectivity index (χ2v) is 9.41. The Hall–Kier alpha value is -2.36. The highest BCUT2D eigenvalue weighted by Crippen LogP contribution is 2.17. The predicted octanol–water partition coefficient (Wildman–Crippen LogP) is 3.85. The van der Waals surface area contributed by atoms with Crippen LogP contribution in [0.25, 0.3) is 0 Å². The Bertz CT molecular complexity index is 853. The zero-order valence-corrected chi connectivity index (χ0v) is 17.9. The summed E-state index contributed by atoms with van der Waals surface area (Å²) in [4.78, 5) is 11.9. The Balaban J connectivity index is 2.71. The van der Waals surface area contributed by atoms with Crippen molar-refractivity contribution in [2.45, 2.75) is 51.0 Å². The van der Waals surface area contributed by atoms with E-state index in [1.165, 1.54) is 4.31 Å². The number of hydrogen-bond donors (Lipinski definition) is 0. The van der Waals surface area contributed by atoms with Gasteiger partial charge < -0.3 is 4.74 Å². The third-order valence-electron chi connectivity index (χ3n) is 3.59. The summed E-state index contributed by atoms with van der Waals surface area (Å²) in [6.07, 6.45) is 9.56. The number of sulfonamides is 1. The zero-order valence-electron chi connectivity index (χ0n) is 17.1. The standard InChI is InChI=1S/C22H29NO4S/c1-7-16-23(28(25,26)20-14-12-18(2)13-15-20)17-19(3)10-8-9-11-21(24)27-22(4,5)6/h1,8,10,12-15H,3,9,11,16-17H2,2,4-6H3/b10-8+. The first kappa shape index (κ1) is 23.7. The number of rotatable bonds is 9. The van der Waals surface area contributed by atoms with Gasteiger partial charge in [0.2, 0.25) is 10.0 Å². The van der Waals surface area contributed by atoms with E-state index in [-0.39, 0.29) is 30.4 Å². The number of aryl methyl sites for hydroxylation is 1. The highest BCUT2D eigenvalue weighted by atomic mass is 32.2. The molecule has 0 amide bonds. The molecule has 1 rings (SSSR count). The van der Waals surface area contributed by atoms with Gasteiger partial charge in [0.15, 0.2) is 0 Å². The normalized spacial score (nSPS) is 12.1. The van der Waals surface area contributed by atoms with Gasteiger partial charge in [-0.15, -0.1) is 6.42 Å². The molecule has 0 radical (unpaired) electrons. The molecule has 1 aromatic carbocycles. The highest BCUT2D eigenvalue weighted by molar-refractivity contribution is 7.89. The molecule has 0 saturated heterocycles. The summed E-state index contributed by atoms with van der Waals surface area (Å²) < 4.78 is 32.1. The molecule has 0 fully saturated rings. The molecule has 152 valence electrons. The monoisotopic (exact) mass is 403 g/mol. The van der Waals surface area contributed by atoms with E-state index in [0.717, 1.165) is 5.56 Å². The average Bonchev–Trinajstić information content (AvgIpc) is 2.57. The average molecular weight is 404 g/mol. The third-order valence-corrected chi connectivity index (χ3v) is 5.40. The van der Waals surface area contributed by atoms with Gasteiger partial charge in [0, 0.05) is 13.0 Å². The molecule has 0 atom stereocenters. The van der Waals surface area contributed by atoms with Crippen LogP contribution >= 0.6 is 0 Å². The van der Waals surface area contributed by atoms with Gasteiger partial charge in [-0.05, 0) is 51.8 Å². The lowest BCUT2D eigenvalue weighted by atomic mass is 10.2. The Kier molecular flexibility index (Phi) is 8.67. The first-order chi connectivity index (χ1) is 13.0. The van der Waals surface area contributed by atoms with Crippen molar-refractivity contribution in [3.8, 4) is 12.3 Å². The van der Waals surface area contributed by atoms with Crippen molar-refractivity contribution in [3.05, 3.63) is 54.1 Å². The lowest BCUT2D eigenvalue weighted by molar-refractivity contribution is -0.154. The molecule has 0 spiro atoms. The van der Waals surface area contributed by atoms with Crippen LogP contribution in [0.15, 0.2) is 53.5 Å². The van der Waals surface area contributed by atoms with Crippen LogP contribution in [0, 0.1) is 19.3 Å². The van der Waals surface area contributed by atoms with Gasteiger partial charge in [-0.2, -0.15) is 4.31 Å². The second-order valence-electron chi connectivity index (χ2n) is 7.48. The Morgan fingerprint density at radius 2 is 1.89 bits per heavy atom. The third kappa shape index (κ3) is 8.12. The SMILES string of the molecule is C#CCN(CC(=C)/C=C/CCC(=O)OC(C)(C)C)S(=O)(=O)c1ccc(C)cc1. The molecule has 0 aliphatic rings. The molecule has 0 heterocycles. The maximum Gasteiger partial charge on any atom is 0.306 e. The molecule has 0 bridgehead atoms. The molecule has 0 aliphatic carbocycles. The van der Waals surface area contributed by atoms with E-state index in [9.17, 15) is 13.2 Å². The molecule has 6 heteroatoms. The molecule has 0 saturated carbocycles. The van der Waals surface area contributed by atoms with Crippen LogP contribution < -0.4 is 0 Å². The smallest absolute Gasteiger partial charge is 0.306 e. The molecule has 0 unspecified atom stereocenters. The lowest BCUT2D eigenvalue weighted by Gasteiger charge is -2.20. The fourth-order valence-corrected chi connectivity index (χ4v) is 3.67. The van der Waals surface area contributed by atoms with Gasteiger partial charge in [0.25, 0.3) is 0 Å². The number of benzene rings is 1. The zero-order chi connectivity index (χ0) is 21.4. The summed E-state index contributed by atoms with van der Waals surface area (Å²) >= 11 is 0. The number of carbonyl (C=O) groups is 1. The Morgan fingerprint density at radius 1 is 1.29 bits per heavy atom. The van der Waals surface area contributed by atoms with Crippen molar-refractivity contribution in [1.82, 2.24) is 4.31 Å². The molecular weight excluding hydrogens is 374 g/mol. The lowest BCUT2D eigenvalue weighted by Crippen LogP contribution is -2.33. The minimum atomic E-state index is -3.72. The van der Waals surface area contributed by atoms with Crippen molar-refractivity contribution in [2.24, 2.45) is 0 Å². The number of esters is 1. The highest BCUT2D eigenvalue weighted by Gasteiger charge is 2.23. The van der Waals surface area contributed by atoms with Crippen LogP contribution in [0.4, 0.5) is 0 Å². The number of hydrogen-bond acceptors (Lipinski definition) is 4. The van der Waals surface area contributed by atoms with Crippen molar-refractivity contribution in [3.63, 3.8) is 0 Å². The van der Waals surface area contributed by atoms with Crippen LogP contribution in [-0.2, 0) is 19.6 Å². The summed E-state index contributed by atoms with van der Waals surface area (Å²) in [7, 11) is -3.72.